The van der Waals surface area contributed by atoms with Crippen LogP contribution in [0.4, 0.5) is 0 Å². The van der Waals surface area contributed by atoms with Crippen LogP contribution in [0.5, 0.6) is 0 Å². The first-order valence-electron chi connectivity index (χ1n) is 7.39. The lowest BCUT2D eigenvalue weighted by atomic mass is 9.88. The van der Waals surface area contributed by atoms with Crippen molar-refractivity contribution in [2.24, 2.45) is 5.92 Å². The van der Waals surface area contributed by atoms with Crippen LogP contribution < -0.4 is 0 Å². The highest BCUT2D eigenvalue weighted by Gasteiger charge is 2.48. The molecule has 0 spiro atoms. The van der Waals surface area contributed by atoms with Crippen molar-refractivity contribution in [1.29, 1.82) is 0 Å². The average Bonchev–Trinajstić information content (AvgIpc) is 2.66. The molecule has 0 amide bonds. The minimum absolute atomic E-state index is 0.108. The Hall–Kier alpha value is -1.16. The number of carbonyl (C=O) groups excluding carboxylic acids is 1. The molecule has 2 aliphatic heterocycles. The summed E-state index contributed by atoms with van der Waals surface area (Å²) in [6.45, 7) is 2.04. The second kappa shape index (κ2) is 4.99. The van der Waals surface area contributed by atoms with Crippen LogP contribution in [0.2, 0.25) is 0 Å². The van der Waals surface area contributed by atoms with Crippen molar-refractivity contribution in [2.45, 2.75) is 49.5 Å². The van der Waals surface area contributed by atoms with Crippen molar-refractivity contribution in [2.75, 3.05) is 0 Å². The third-order valence-corrected chi connectivity index (χ3v) is 7.58. The first-order chi connectivity index (χ1) is 9.54. The maximum atomic E-state index is 12.7. The molecule has 2 fully saturated rings. The number of ketones is 1. The van der Waals surface area contributed by atoms with Crippen LogP contribution in [0.1, 0.15) is 48.5 Å². The molecule has 0 aliphatic carbocycles. The van der Waals surface area contributed by atoms with Gasteiger partial charge in [0.2, 0.25) is 0 Å². The van der Waals surface area contributed by atoms with E-state index in [-0.39, 0.29) is 22.2 Å². The van der Waals surface area contributed by atoms with E-state index < -0.39 is 9.84 Å². The summed E-state index contributed by atoms with van der Waals surface area (Å²) in [6.07, 6.45) is 3.36. The van der Waals surface area contributed by atoms with Crippen molar-refractivity contribution < 1.29 is 13.2 Å². The summed E-state index contributed by atoms with van der Waals surface area (Å²) in [5.74, 6) is 0.0398. The van der Waals surface area contributed by atoms with Gasteiger partial charge < -0.3 is 0 Å². The lowest BCUT2D eigenvalue weighted by molar-refractivity contribution is 0.0904. The molecule has 4 heteroatoms. The lowest BCUT2D eigenvalue weighted by Gasteiger charge is -2.27. The van der Waals surface area contributed by atoms with Crippen molar-refractivity contribution in [3.05, 3.63) is 35.4 Å². The minimum atomic E-state index is -2.95. The molecule has 1 aromatic carbocycles. The van der Waals surface area contributed by atoms with Crippen LogP contribution in [0.25, 0.3) is 0 Å². The summed E-state index contributed by atoms with van der Waals surface area (Å²) in [4.78, 5) is 12.7. The van der Waals surface area contributed by atoms with Crippen LogP contribution in [0.15, 0.2) is 24.3 Å². The number of fused-ring (bicyclic) bond motifs is 2. The molecule has 0 radical (unpaired) electrons. The van der Waals surface area contributed by atoms with E-state index in [0.717, 1.165) is 30.4 Å². The van der Waals surface area contributed by atoms with Gasteiger partial charge >= 0.3 is 0 Å². The number of hydrogen-bond acceptors (Lipinski definition) is 3. The Morgan fingerprint density at radius 2 is 1.75 bits per heavy atom. The first-order valence-corrected chi connectivity index (χ1v) is 8.99. The second-order valence-corrected chi connectivity index (χ2v) is 8.47. The van der Waals surface area contributed by atoms with Gasteiger partial charge in [-0.2, -0.15) is 0 Å². The fraction of sp³-hybridized carbons (Fsp3) is 0.562. The van der Waals surface area contributed by atoms with Gasteiger partial charge in [0.15, 0.2) is 15.6 Å². The summed E-state index contributed by atoms with van der Waals surface area (Å²) in [7, 11) is -2.95. The van der Waals surface area contributed by atoms with Crippen LogP contribution in [0.3, 0.4) is 0 Å². The zero-order valence-corrected chi connectivity index (χ0v) is 12.5. The molecule has 2 bridgehead atoms. The number of benzene rings is 1. The quantitative estimate of drug-likeness (QED) is 0.805. The van der Waals surface area contributed by atoms with E-state index in [9.17, 15) is 13.2 Å². The van der Waals surface area contributed by atoms with Gasteiger partial charge in [0.25, 0.3) is 0 Å². The molecule has 0 aromatic heterocycles. The number of carbonyl (C=O) groups is 1. The molecule has 108 valence electrons. The third-order valence-electron chi connectivity index (χ3n) is 4.87. The fourth-order valence-corrected chi connectivity index (χ4v) is 6.18. The molecule has 1 aromatic rings. The third kappa shape index (κ3) is 2.10. The highest BCUT2D eigenvalue weighted by atomic mass is 32.2. The highest BCUT2D eigenvalue weighted by Crippen LogP contribution is 2.42. The van der Waals surface area contributed by atoms with Gasteiger partial charge in [-0.1, -0.05) is 31.2 Å². The Labute approximate surface area is 120 Å². The van der Waals surface area contributed by atoms with E-state index in [2.05, 4.69) is 0 Å². The molecule has 2 heterocycles. The van der Waals surface area contributed by atoms with Crippen molar-refractivity contribution in [3.8, 4) is 0 Å². The number of rotatable bonds is 3. The molecule has 2 saturated heterocycles. The van der Waals surface area contributed by atoms with E-state index in [4.69, 9.17) is 0 Å². The molecule has 0 N–H and O–H groups in total. The minimum Gasteiger partial charge on any atom is -0.294 e. The van der Waals surface area contributed by atoms with Crippen LogP contribution >= 0.6 is 0 Å². The smallest absolute Gasteiger partial charge is 0.166 e. The molecule has 20 heavy (non-hydrogen) atoms. The Balaban J connectivity index is 1.87. The maximum absolute atomic E-state index is 12.7. The van der Waals surface area contributed by atoms with E-state index in [1.807, 2.05) is 31.2 Å². The topological polar surface area (TPSA) is 51.2 Å². The van der Waals surface area contributed by atoms with Gasteiger partial charge in [-0.3, -0.25) is 4.79 Å². The van der Waals surface area contributed by atoms with Gasteiger partial charge in [0, 0.05) is 11.5 Å². The molecule has 2 unspecified atom stereocenters. The summed E-state index contributed by atoms with van der Waals surface area (Å²) in [5.41, 5.74) is 1.86. The SMILES string of the molecule is CCc1ccccc1C(=O)C1CC2CCC(C1)S2(=O)=O. The highest BCUT2D eigenvalue weighted by molar-refractivity contribution is 7.93. The summed E-state index contributed by atoms with van der Waals surface area (Å²) in [5, 5.41) is -0.548. The average molecular weight is 292 g/mol. The zero-order valence-electron chi connectivity index (χ0n) is 11.7. The van der Waals surface area contributed by atoms with Crippen LogP contribution in [-0.2, 0) is 16.3 Å². The van der Waals surface area contributed by atoms with Gasteiger partial charge in [-0.15, -0.1) is 0 Å². The standard InChI is InChI=1S/C16H20O3S/c1-2-11-5-3-4-6-15(11)16(17)12-9-13-7-8-14(10-12)20(13,18)19/h3-6,12-14H,2,7-10H2,1H3. The largest absolute Gasteiger partial charge is 0.294 e. The summed E-state index contributed by atoms with van der Waals surface area (Å²) < 4.78 is 24.2. The van der Waals surface area contributed by atoms with Gasteiger partial charge in [-0.25, -0.2) is 8.42 Å². The number of Topliss-reactive ketones (excluding diaryl/α,β-unsaturated/α-hetero) is 1. The van der Waals surface area contributed by atoms with E-state index in [0.29, 0.717) is 12.8 Å². The van der Waals surface area contributed by atoms with Crippen molar-refractivity contribution in [3.63, 3.8) is 0 Å². The summed E-state index contributed by atoms with van der Waals surface area (Å²) >= 11 is 0. The Bertz CT molecular complexity index is 613. The Kier molecular flexibility index (Phi) is 3.44. The normalized spacial score (nSPS) is 31.1. The molecule has 2 aliphatic rings. The van der Waals surface area contributed by atoms with Gasteiger partial charge in [0.05, 0.1) is 10.5 Å². The van der Waals surface area contributed by atoms with E-state index >= 15 is 0 Å². The summed E-state index contributed by atoms with van der Waals surface area (Å²) in [6, 6.07) is 7.71. The second-order valence-electron chi connectivity index (χ2n) is 5.95. The van der Waals surface area contributed by atoms with Crippen molar-refractivity contribution in [1.82, 2.24) is 0 Å². The van der Waals surface area contributed by atoms with Crippen LogP contribution in [-0.4, -0.2) is 24.7 Å². The van der Waals surface area contributed by atoms with Gasteiger partial charge in [-0.05, 0) is 37.7 Å². The van der Waals surface area contributed by atoms with E-state index in [1.54, 1.807) is 0 Å². The Morgan fingerprint density at radius 3 is 2.35 bits per heavy atom. The molecule has 0 saturated carbocycles. The molecular weight excluding hydrogens is 272 g/mol. The Morgan fingerprint density at radius 1 is 1.15 bits per heavy atom. The predicted molar refractivity (Wildman–Crippen MR) is 78.6 cm³/mol. The number of hydrogen-bond donors (Lipinski definition) is 0. The number of aryl methyl sites for hydroxylation is 1. The predicted octanol–water partition coefficient (Wildman–Crippen LogP) is 2.79. The van der Waals surface area contributed by atoms with Crippen molar-refractivity contribution >= 4 is 15.6 Å². The number of sulfone groups is 1. The molecular formula is C16H20O3S. The van der Waals surface area contributed by atoms with E-state index in [1.165, 1.54) is 0 Å². The first kappa shape index (κ1) is 13.8. The molecule has 3 nitrogen and oxygen atoms in total. The zero-order chi connectivity index (χ0) is 14.3. The molecule has 2 atom stereocenters. The van der Waals surface area contributed by atoms with Gasteiger partial charge in [0.1, 0.15) is 0 Å². The monoisotopic (exact) mass is 292 g/mol. The molecule has 3 rings (SSSR count). The van der Waals surface area contributed by atoms with Crippen LogP contribution in [0, 0.1) is 5.92 Å². The fourth-order valence-electron chi connectivity index (χ4n) is 3.71. The maximum Gasteiger partial charge on any atom is 0.166 e. The lowest BCUT2D eigenvalue weighted by Crippen LogP contribution is -2.36.